The molecule has 1 aliphatic rings. The first-order chi connectivity index (χ1) is 9.49. The summed E-state index contributed by atoms with van der Waals surface area (Å²) in [6, 6.07) is -0.215. The first kappa shape index (κ1) is 14.7. The molecule has 1 heterocycles. The minimum absolute atomic E-state index is 0.127. The molecule has 0 spiro atoms. The van der Waals surface area contributed by atoms with Crippen LogP contribution in [0.15, 0.2) is 6.20 Å². The Morgan fingerprint density at radius 3 is 2.80 bits per heavy atom. The van der Waals surface area contributed by atoms with Crippen LogP contribution in [0.2, 0.25) is 0 Å². The molecule has 0 aromatic carbocycles. The second-order valence-electron chi connectivity index (χ2n) is 5.62. The highest BCUT2D eigenvalue weighted by Crippen LogP contribution is 2.19. The summed E-state index contributed by atoms with van der Waals surface area (Å²) in [6.07, 6.45) is 4.50. The van der Waals surface area contributed by atoms with Gasteiger partial charge >= 0.3 is 0 Å². The van der Waals surface area contributed by atoms with Gasteiger partial charge in [0.15, 0.2) is 5.69 Å². The van der Waals surface area contributed by atoms with Gasteiger partial charge in [0.1, 0.15) is 5.82 Å². The smallest absolute Gasteiger partial charge is 0.272 e. The van der Waals surface area contributed by atoms with Crippen molar-refractivity contribution in [2.45, 2.75) is 57.6 Å². The van der Waals surface area contributed by atoms with E-state index in [9.17, 15) is 9.90 Å². The number of nitrogens with zero attached hydrogens (tertiary/aromatic N) is 2. The number of hydrogen-bond donors (Lipinski definition) is 3. The van der Waals surface area contributed by atoms with E-state index in [1.807, 2.05) is 13.8 Å². The Morgan fingerprint density at radius 1 is 1.45 bits per heavy atom. The summed E-state index contributed by atoms with van der Waals surface area (Å²) in [5.41, 5.74) is 6.24. The molecule has 1 amide bonds. The number of amides is 1. The summed E-state index contributed by atoms with van der Waals surface area (Å²) in [4.78, 5) is 20.6. The van der Waals surface area contributed by atoms with Crippen molar-refractivity contribution in [2.24, 2.45) is 0 Å². The Balaban J connectivity index is 2.14. The Hall–Kier alpha value is -1.69. The summed E-state index contributed by atoms with van der Waals surface area (Å²) in [7, 11) is 0. The summed E-state index contributed by atoms with van der Waals surface area (Å²) < 4.78 is 0. The molecule has 1 aliphatic carbocycles. The van der Waals surface area contributed by atoms with Gasteiger partial charge in [-0.25, -0.2) is 9.97 Å². The molecule has 1 saturated carbocycles. The number of nitrogens with one attached hydrogen (secondary N) is 1. The monoisotopic (exact) mass is 278 g/mol. The fraction of sp³-hybridized carbons (Fsp3) is 0.643. The first-order valence-corrected chi connectivity index (χ1v) is 7.10. The Kier molecular flexibility index (Phi) is 4.54. The first-order valence-electron chi connectivity index (χ1n) is 7.10. The van der Waals surface area contributed by atoms with Crippen molar-refractivity contribution in [3.05, 3.63) is 17.7 Å². The third kappa shape index (κ3) is 3.25. The molecule has 0 aliphatic heterocycles. The summed E-state index contributed by atoms with van der Waals surface area (Å²) in [5, 5.41) is 12.7. The highest BCUT2D eigenvalue weighted by molar-refractivity contribution is 5.97. The van der Waals surface area contributed by atoms with Crippen molar-refractivity contribution in [1.82, 2.24) is 15.3 Å². The maximum atomic E-state index is 12.3. The van der Waals surface area contributed by atoms with Crippen LogP contribution in [0.4, 0.5) is 5.69 Å². The third-order valence-electron chi connectivity index (χ3n) is 3.61. The van der Waals surface area contributed by atoms with Gasteiger partial charge in [0, 0.05) is 5.92 Å². The van der Waals surface area contributed by atoms with E-state index in [-0.39, 0.29) is 29.2 Å². The van der Waals surface area contributed by atoms with Crippen LogP contribution in [0.3, 0.4) is 0 Å². The SMILES string of the molecule is CC(C)c1ncc(N)c(C(=O)NC2CCCCC2O)n1. The van der Waals surface area contributed by atoms with E-state index in [0.29, 0.717) is 5.82 Å². The molecule has 2 unspecified atom stereocenters. The number of rotatable bonds is 3. The highest BCUT2D eigenvalue weighted by atomic mass is 16.3. The van der Waals surface area contributed by atoms with Gasteiger partial charge in [-0.1, -0.05) is 26.7 Å². The van der Waals surface area contributed by atoms with Crippen molar-refractivity contribution >= 4 is 11.6 Å². The molecule has 1 fully saturated rings. The molecule has 1 aromatic rings. The van der Waals surface area contributed by atoms with Crippen molar-refractivity contribution in [1.29, 1.82) is 0 Å². The van der Waals surface area contributed by atoms with E-state index in [1.165, 1.54) is 6.20 Å². The van der Waals surface area contributed by atoms with Gasteiger partial charge in [0.05, 0.1) is 24.0 Å². The zero-order chi connectivity index (χ0) is 14.7. The van der Waals surface area contributed by atoms with Crippen LogP contribution >= 0.6 is 0 Å². The predicted octanol–water partition coefficient (Wildman–Crippen LogP) is 1.22. The van der Waals surface area contributed by atoms with E-state index in [1.54, 1.807) is 0 Å². The molecule has 4 N–H and O–H groups in total. The van der Waals surface area contributed by atoms with Gasteiger partial charge in [0.2, 0.25) is 0 Å². The molecule has 6 nitrogen and oxygen atoms in total. The molecule has 110 valence electrons. The minimum Gasteiger partial charge on any atom is -0.396 e. The van der Waals surface area contributed by atoms with Crippen LogP contribution in [0.25, 0.3) is 0 Å². The number of carbonyl (C=O) groups is 1. The Bertz CT molecular complexity index is 490. The van der Waals surface area contributed by atoms with Crippen LogP contribution in [0.5, 0.6) is 0 Å². The summed E-state index contributed by atoms with van der Waals surface area (Å²) in [6.45, 7) is 3.91. The minimum atomic E-state index is -0.486. The molecular weight excluding hydrogens is 256 g/mol. The summed E-state index contributed by atoms with van der Waals surface area (Å²) in [5.74, 6) is 0.383. The molecule has 0 radical (unpaired) electrons. The van der Waals surface area contributed by atoms with Gasteiger partial charge < -0.3 is 16.2 Å². The lowest BCUT2D eigenvalue weighted by atomic mass is 9.92. The second-order valence-corrected chi connectivity index (χ2v) is 5.62. The number of anilines is 1. The largest absolute Gasteiger partial charge is 0.396 e. The van der Waals surface area contributed by atoms with Crippen LogP contribution < -0.4 is 11.1 Å². The van der Waals surface area contributed by atoms with Crippen LogP contribution in [-0.4, -0.2) is 33.1 Å². The molecule has 1 aromatic heterocycles. The molecule has 6 heteroatoms. The standard InChI is InChI=1S/C14H22N4O2/c1-8(2)13-16-7-9(15)12(18-13)14(20)17-10-5-3-4-6-11(10)19/h7-8,10-11,19H,3-6,15H2,1-2H3,(H,17,20). The summed E-state index contributed by atoms with van der Waals surface area (Å²) >= 11 is 0. The van der Waals surface area contributed by atoms with Crippen LogP contribution in [0, 0.1) is 0 Å². The molecule has 2 rings (SSSR count). The van der Waals surface area contributed by atoms with E-state index in [0.717, 1.165) is 25.7 Å². The maximum absolute atomic E-state index is 12.3. The van der Waals surface area contributed by atoms with Gasteiger partial charge in [-0.2, -0.15) is 0 Å². The van der Waals surface area contributed by atoms with Crippen molar-refractivity contribution in [2.75, 3.05) is 5.73 Å². The number of carbonyl (C=O) groups excluding carboxylic acids is 1. The number of aliphatic hydroxyl groups excluding tert-OH is 1. The van der Waals surface area contributed by atoms with Gasteiger partial charge in [0.25, 0.3) is 5.91 Å². The molecule has 2 atom stereocenters. The predicted molar refractivity (Wildman–Crippen MR) is 76.3 cm³/mol. The zero-order valence-corrected chi connectivity index (χ0v) is 12.0. The normalized spacial score (nSPS) is 22.8. The van der Waals surface area contributed by atoms with Crippen LogP contribution in [0.1, 0.15) is 61.8 Å². The van der Waals surface area contributed by atoms with E-state index in [4.69, 9.17) is 5.73 Å². The molecule has 0 bridgehead atoms. The maximum Gasteiger partial charge on any atom is 0.272 e. The number of hydrogen-bond acceptors (Lipinski definition) is 5. The average molecular weight is 278 g/mol. The quantitative estimate of drug-likeness (QED) is 0.771. The zero-order valence-electron chi connectivity index (χ0n) is 12.0. The lowest BCUT2D eigenvalue weighted by Crippen LogP contribution is -2.45. The lowest BCUT2D eigenvalue weighted by Gasteiger charge is -2.28. The second kappa shape index (κ2) is 6.17. The van der Waals surface area contributed by atoms with Crippen molar-refractivity contribution in [3.63, 3.8) is 0 Å². The molecule has 0 saturated heterocycles. The van der Waals surface area contributed by atoms with Gasteiger partial charge in [-0.05, 0) is 12.8 Å². The number of aliphatic hydroxyl groups is 1. The number of aromatic nitrogens is 2. The van der Waals surface area contributed by atoms with Crippen molar-refractivity contribution in [3.8, 4) is 0 Å². The van der Waals surface area contributed by atoms with E-state index in [2.05, 4.69) is 15.3 Å². The van der Waals surface area contributed by atoms with Crippen LogP contribution in [-0.2, 0) is 0 Å². The van der Waals surface area contributed by atoms with Gasteiger partial charge in [-0.3, -0.25) is 4.79 Å². The molecular formula is C14H22N4O2. The molecule has 20 heavy (non-hydrogen) atoms. The van der Waals surface area contributed by atoms with E-state index >= 15 is 0 Å². The topological polar surface area (TPSA) is 101 Å². The highest BCUT2D eigenvalue weighted by Gasteiger charge is 2.26. The third-order valence-corrected chi connectivity index (χ3v) is 3.61. The Labute approximate surface area is 118 Å². The number of nitrogens with two attached hydrogens (primary N) is 1. The average Bonchev–Trinajstić information content (AvgIpc) is 2.41. The van der Waals surface area contributed by atoms with Gasteiger partial charge in [-0.15, -0.1) is 0 Å². The van der Waals surface area contributed by atoms with Crippen molar-refractivity contribution < 1.29 is 9.90 Å². The Morgan fingerprint density at radius 2 is 2.15 bits per heavy atom. The fourth-order valence-corrected chi connectivity index (χ4v) is 2.38. The van der Waals surface area contributed by atoms with E-state index < -0.39 is 6.10 Å². The number of nitrogen functional groups attached to an aromatic ring is 1. The fourth-order valence-electron chi connectivity index (χ4n) is 2.38. The lowest BCUT2D eigenvalue weighted by molar-refractivity contribution is 0.0714.